The number of rotatable bonds is 5. The highest BCUT2D eigenvalue weighted by atomic mass is 16.5. The molecule has 3 rings (SSSR count). The van der Waals surface area contributed by atoms with Crippen LogP contribution in [0.1, 0.15) is 29.7 Å². The van der Waals surface area contributed by atoms with Crippen molar-refractivity contribution in [3.8, 4) is 0 Å². The highest BCUT2D eigenvalue weighted by Crippen LogP contribution is 2.28. The monoisotopic (exact) mass is 326 g/mol. The lowest BCUT2D eigenvalue weighted by atomic mass is 10.0. The number of ether oxygens (including phenoxy) is 1. The van der Waals surface area contributed by atoms with Crippen molar-refractivity contribution in [1.82, 2.24) is 10.6 Å². The van der Waals surface area contributed by atoms with Crippen molar-refractivity contribution in [1.29, 1.82) is 0 Å². The van der Waals surface area contributed by atoms with Crippen LogP contribution in [0, 0.1) is 0 Å². The van der Waals surface area contributed by atoms with Crippen molar-refractivity contribution < 1.29 is 14.6 Å². The smallest absolute Gasteiger partial charge is 0.315 e. The van der Waals surface area contributed by atoms with Gasteiger partial charge in [-0.1, -0.05) is 60.7 Å². The van der Waals surface area contributed by atoms with E-state index in [0.29, 0.717) is 6.61 Å². The molecule has 3 N–H and O–H groups in total. The van der Waals surface area contributed by atoms with Crippen LogP contribution in [-0.4, -0.2) is 30.4 Å². The molecule has 5 heteroatoms. The normalized spacial score (nSPS) is 21.2. The van der Waals surface area contributed by atoms with Crippen molar-refractivity contribution in [2.24, 2.45) is 0 Å². The highest BCUT2D eigenvalue weighted by Gasteiger charge is 2.31. The molecule has 126 valence electrons. The summed E-state index contributed by atoms with van der Waals surface area (Å²) in [5, 5.41) is 15.4. The van der Waals surface area contributed by atoms with E-state index in [4.69, 9.17) is 4.74 Å². The molecule has 1 heterocycles. The minimum Gasteiger partial charge on any atom is -0.394 e. The van der Waals surface area contributed by atoms with Gasteiger partial charge >= 0.3 is 6.03 Å². The predicted molar refractivity (Wildman–Crippen MR) is 91.5 cm³/mol. The summed E-state index contributed by atoms with van der Waals surface area (Å²) in [6.45, 7) is 0.466. The first-order valence-electron chi connectivity index (χ1n) is 8.17. The molecule has 24 heavy (non-hydrogen) atoms. The Morgan fingerprint density at radius 2 is 1.79 bits per heavy atom. The Kier molecular flexibility index (Phi) is 5.46. The van der Waals surface area contributed by atoms with Crippen LogP contribution in [0.2, 0.25) is 0 Å². The van der Waals surface area contributed by atoms with Gasteiger partial charge in [0.1, 0.15) is 6.10 Å². The first-order valence-corrected chi connectivity index (χ1v) is 8.17. The number of carbonyl (C=O) groups excluding carboxylic acids is 1. The van der Waals surface area contributed by atoms with Gasteiger partial charge in [-0.25, -0.2) is 4.79 Å². The average Bonchev–Trinajstić information content (AvgIpc) is 3.09. The molecule has 2 aromatic rings. The van der Waals surface area contributed by atoms with E-state index in [9.17, 15) is 9.90 Å². The van der Waals surface area contributed by atoms with E-state index < -0.39 is 6.04 Å². The number of nitrogens with one attached hydrogen (secondary N) is 2. The molecule has 2 aromatic carbocycles. The fourth-order valence-corrected chi connectivity index (χ4v) is 3.00. The van der Waals surface area contributed by atoms with Crippen LogP contribution in [-0.2, 0) is 4.74 Å². The summed E-state index contributed by atoms with van der Waals surface area (Å²) in [5.41, 5.74) is 1.93. The van der Waals surface area contributed by atoms with Gasteiger partial charge in [-0.05, 0) is 17.5 Å². The molecule has 3 atom stereocenters. The van der Waals surface area contributed by atoms with Crippen LogP contribution in [0.3, 0.4) is 0 Å². The maximum atomic E-state index is 12.3. The van der Waals surface area contributed by atoms with E-state index in [0.717, 1.165) is 17.5 Å². The molecule has 5 nitrogen and oxygen atoms in total. The van der Waals surface area contributed by atoms with Crippen molar-refractivity contribution in [2.75, 3.05) is 13.2 Å². The van der Waals surface area contributed by atoms with E-state index in [-0.39, 0.29) is 24.8 Å². The van der Waals surface area contributed by atoms with Crippen LogP contribution in [0.5, 0.6) is 0 Å². The molecule has 1 fully saturated rings. The zero-order valence-electron chi connectivity index (χ0n) is 13.4. The topological polar surface area (TPSA) is 70.6 Å². The summed E-state index contributed by atoms with van der Waals surface area (Å²) in [6.07, 6.45) is 0.628. The van der Waals surface area contributed by atoms with Gasteiger partial charge in [0, 0.05) is 6.61 Å². The van der Waals surface area contributed by atoms with Crippen LogP contribution in [0.25, 0.3) is 0 Å². The molecule has 0 unspecified atom stereocenters. The molecule has 1 aliphatic rings. The van der Waals surface area contributed by atoms with Gasteiger partial charge in [-0.3, -0.25) is 0 Å². The molecule has 1 aliphatic heterocycles. The number of aliphatic hydroxyl groups is 1. The fraction of sp³-hybridized carbons (Fsp3) is 0.316. The van der Waals surface area contributed by atoms with Gasteiger partial charge in [0.25, 0.3) is 0 Å². The Hall–Kier alpha value is -2.37. The van der Waals surface area contributed by atoms with Gasteiger partial charge in [-0.2, -0.15) is 0 Å². The number of hydrogen-bond donors (Lipinski definition) is 3. The maximum Gasteiger partial charge on any atom is 0.315 e. The summed E-state index contributed by atoms with van der Waals surface area (Å²) < 4.78 is 5.78. The fourth-order valence-electron chi connectivity index (χ4n) is 3.00. The van der Waals surface area contributed by atoms with Crippen molar-refractivity contribution in [3.63, 3.8) is 0 Å². The quantitative estimate of drug-likeness (QED) is 0.791. The average molecular weight is 326 g/mol. The molecular formula is C19H22N2O3. The van der Waals surface area contributed by atoms with E-state index in [2.05, 4.69) is 10.6 Å². The molecule has 0 radical (unpaired) electrons. The van der Waals surface area contributed by atoms with E-state index in [1.165, 1.54) is 0 Å². The molecular weight excluding hydrogens is 304 g/mol. The van der Waals surface area contributed by atoms with Crippen molar-refractivity contribution in [2.45, 2.75) is 24.6 Å². The first kappa shape index (κ1) is 16.5. The number of hydrogen-bond acceptors (Lipinski definition) is 3. The maximum absolute atomic E-state index is 12.3. The van der Waals surface area contributed by atoms with Crippen LogP contribution in [0.15, 0.2) is 60.7 Å². The predicted octanol–water partition coefficient (Wildman–Crippen LogP) is 2.55. The minimum atomic E-state index is -0.427. The summed E-state index contributed by atoms with van der Waals surface area (Å²) in [5.74, 6) is 0. The lowest BCUT2D eigenvalue weighted by molar-refractivity contribution is 0.0996. The van der Waals surface area contributed by atoms with Gasteiger partial charge < -0.3 is 20.5 Å². The van der Waals surface area contributed by atoms with Crippen LogP contribution in [0.4, 0.5) is 4.79 Å². The van der Waals surface area contributed by atoms with Crippen molar-refractivity contribution >= 4 is 6.03 Å². The number of aliphatic hydroxyl groups excluding tert-OH is 1. The van der Waals surface area contributed by atoms with Gasteiger partial charge in [0.05, 0.1) is 18.7 Å². The Bertz CT molecular complexity index is 648. The molecule has 0 saturated carbocycles. The second-order valence-electron chi connectivity index (χ2n) is 5.86. The number of carbonyl (C=O) groups is 1. The van der Waals surface area contributed by atoms with Crippen LogP contribution < -0.4 is 10.6 Å². The number of urea groups is 1. The second-order valence-corrected chi connectivity index (χ2v) is 5.86. The first-order chi connectivity index (χ1) is 11.8. The largest absolute Gasteiger partial charge is 0.394 e. The summed E-state index contributed by atoms with van der Waals surface area (Å²) in [7, 11) is 0. The Labute approximate surface area is 141 Å². The zero-order valence-corrected chi connectivity index (χ0v) is 13.4. The van der Waals surface area contributed by atoms with E-state index in [1.807, 2.05) is 60.7 Å². The van der Waals surface area contributed by atoms with Crippen molar-refractivity contribution in [3.05, 3.63) is 71.8 Å². The number of amides is 2. The summed E-state index contributed by atoms with van der Waals surface area (Å²) in [4.78, 5) is 12.3. The molecule has 1 saturated heterocycles. The van der Waals surface area contributed by atoms with E-state index in [1.54, 1.807) is 0 Å². The van der Waals surface area contributed by atoms with Gasteiger partial charge in [0.2, 0.25) is 0 Å². The Balaban J connectivity index is 1.61. The third kappa shape index (κ3) is 3.93. The summed E-state index contributed by atoms with van der Waals surface area (Å²) >= 11 is 0. The molecule has 0 aliphatic carbocycles. The zero-order chi connectivity index (χ0) is 16.8. The standard InChI is InChI=1S/C19H22N2O3/c22-13-17(14-7-3-1-4-8-14)21-19(23)20-16-11-12-24-18(16)15-9-5-2-6-10-15/h1-10,16-18,22H,11-13H2,(H2,20,21,23)/t16-,17+,18+/m1/s1. The van der Waals surface area contributed by atoms with Gasteiger partial charge in [0.15, 0.2) is 0 Å². The summed E-state index contributed by atoms with van der Waals surface area (Å²) in [6, 6.07) is 18.5. The molecule has 0 aromatic heterocycles. The highest BCUT2D eigenvalue weighted by molar-refractivity contribution is 5.75. The molecule has 2 amide bonds. The van der Waals surface area contributed by atoms with Gasteiger partial charge in [-0.15, -0.1) is 0 Å². The Morgan fingerprint density at radius 1 is 1.12 bits per heavy atom. The third-order valence-electron chi connectivity index (χ3n) is 4.23. The Morgan fingerprint density at radius 3 is 2.46 bits per heavy atom. The lowest BCUT2D eigenvalue weighted by Crippen LogP contribution is -2.45. The number of benzene rings is 2. The molecule has 0 bridgehead atoms. The van der Waals surface area contributed by atoms with Crippen LogP contribution >= 0.6 is 0 Å². The minimum absolute atomic E-state index is 0.0810. The SMILES string of the molecule is O=C(N[C@@H](CO)c1ccccc1)N[C@@H]1CCO[C@H]1c1ccccc1. The second kappa shape index (κ2) is 7.95. The van der Waals surface area contributed by atoms with E-state index >= 15 is 0 Å². The third-order valence-corrected chi connectivity index (χ3v) is 4.23. The molecule has 0 spiro atoms. The lowest BCUT2D eigenvalue weighted by Gasteiger charge is -2.23.